The van der Waals surface area contributed by atoms with E-state index < -0.39 is 47.4 Å². The average molecular weight is 1150 g/mol. The number of aromatic nitrogens is 11. The number of pyridine rings is 1. The van der Waals surface area contributed by atoms with Gasteiger partial charge in [-0.25, -0.2) is 28.4 Å². The van der Waals surface area contributed by atoms with Crippen molar-refractivity contribution in [2.24, 2.45) is 11.3 Å². The Balaban J connectivity index is 0.000000140. The molecule has 4 aliphatic rings. The molecule has 0 radical (unpaired) electrons. The van der Waals surface area contributed by atoms with Crippen LogP contribution in [0.15, 0.2) is 53.7 Å². The Morgan fingerprint density at radius 3 is 1.92 bits per heavy atom. The van der Waals surface area contributed by atoms with Gasteiger partial charge in [0.1, 0.15) is 11.3 Å². The first-order valence-corrected chi connectivity index (χ1v) is 26.9. The van der Waals surface area contributed by atoms with Crippen LogP contribution in [0.5, 0.6) is 0 Å². The third-order valence-corrected chi connectivity index (χ3v) is 14.3. The number of hydrogen-bond acceptors (Lipinski definition) is 7. The summed E-state index contributed by atoms with van der Waals surface area (Å²) in [5.74, 6) is -2.43. The molecule has 0 saturated heterocycles. The summed E-state index contributed by atoms with van der Waals surface area (Å²) in [5, 5.41) is 13.2. The number of carbonyl (C=O) groups is 1. The normalized spacial score (nSPS) is 18.4. The van der Waals surface area contributed by atoms with E-state index in [2.05, 4.69) is 134 Å². The molecule has 0 spiro atoms. The minimum absolute atomic E-state index is 0.101. The number of rotatable bonds is 6. The first kappa shape index (κ1) is 58.5. The number of hydrogen-bond donors (Lipinski definition) is 0. The molecule has 2 fully saturated rings. The van der Waals surface area contributed by atoms with Crippen LogP contribution in [0.2, 0.25) is 5.15 Å². The molecule has 4 aliphatic carbocycles. The maximum atomic E-state index is 14.0. The highest BCUT2D eigenvalue weighted by Crippen LogP contribution is 2.63. The van der Waals surface area contributed by atoms with Crippen molar-refractivity contribution in [1.82, 2.24) is 53.4 Å². The van der Waals surface area contributed by atoms with Crippen molar-refractivity contribution in [3.05, 3.63) is 104 Å². The summed E-state index contributed by atoms with van der Waals surface area (Å²) in [6.45, 7) is 25.7. The fraction of sp³-hybridized carbons (Fsp3) is 0.574. The van der Waals surface area contributed by atoms with Gasteiger partial charge in [0.2, 0.25) is 4.73 Å². The van der Waals surface area contributed by atoms with Crippen molar-refractivity contribution in [3.8, 4) is 0 Å². The number of benzene rings is 1. The van der Waals surface area contributed by atoms with Crippen molar-refractivity contribution < 1.29 is 39.9 Å². The van der Waals surface area contributed by atoms with E-state index in [1.165, 1.54) is 34.1 Å². The first-order chi connectivity index (χ1) is 35.2. The molecule has 7 aromatic rings. The van der Waals surface area contributed by atoms with Gasteiger partial charge >= 0.3 is 12.4 Å². The molecule has 414 valence electrons. The quantitative estimate of drug-likeness (QED) is 0.120. The molecule has 0 amide bonds. The molecule has 1 aromatic carbocycles. The Bertz CT molecular complexity index is 3170. The lowest BCUT2D eigenvalue weighted by molar-refractivity contribution is -0.146. The van der Waals surface area contributed by atoms with E-state index >= 15 is 0 Å². The van der Waals surface area contributed by atoms with Crippen molar-refractivity contribution in [1.29, 1.82) is 0 Å². The summed E-state index contributed by atoms with van der Waals surface area (Å²) < 4.78 is 115. The standard InChI is InChI=1S/C13H17F3N2O.C12H13F5N2.C12H15N.C9H10ClN3.C8H12BrN3/c1-7(2)18-8-5-12(3,4)6-9(19)10(8)11(17-18)13(14,15)16;1-5(2)19-9-7-3-6(7)4-11(13,14)8(9)10(18-19)12(15,16)17;1-9(2)13-10(3)8-11-6-4-5-7-12(11)13;1-6(2)13-5-12-8-7(13)3-4-11-9(8)10;1-5(2)12-7(6-3-4-6)10-8(9)11-12/h7H,5-6H2,1-4H3;5-7H,3-4H2,1-2H3;4-9H,1-3H3;3-6H,1-2H3;5-6H,3-4H2,1-2H3. The van der Waals surface area contributed by atoms with Gasteiger partial charge in [0.15, 0.2) is 22.3 Å². The third-order valence-electron chi connectivity index (χ3n) is 13.7. The number of aryl methyl sites for hydroxylation is 1. The predicted octanol–water partition coefficient (Wildman–Crippen LogP) is 16.4. The Labute approximate surface area is 451 Å². The Hall–Kier alpha value is -5.18. The molecular weight excluding hydrogens is 1090 g/mol. The van der Waals surface area contributed by atoms with E-state index in [9.17, 15) is 39.9 Å². The average Bonchev–Trinajstić information content (AvgIpc) is 3.93. The second-order valence-electron chi connectivity index (χ2n) is 22.4. The van der Waals surface area contributed by atoms with Gasteiger partial charge in [0, 0.05) is 72.3 Å². The number of alkyl halides is 8. The topological polar surface area (TPSA) is 119 Å². The van der Waals surface area contributed by atoms with Crippen molar-refractivity contribution >= 4 is 55.3 Å². The highest BCUT2D eigenvalue weighted by Gasteiger charge is 2.60. The van der Waals surface area contributed by atoms with Crippen LogP contribution in [0, 0.1) is 18.3 Å². The summed E-state index contributed by atoms with van der Waals surface area (Å²) in [6, 6.07) is 13.5. The zero-order chi connectivity index (χ0) is 56.3. The second-order valence-corrected chi connectivity index (χ2v) is 23.4. The number of imidazole rings is 1. The Morgan fingerprint density at radius 2 is 1.36 bits per heavy atom. The van der Waals surface area contributed by atoms with E-state index in [1.54, 1.807) is 40.2 Å². The van der Waals surface area contributed by atoms with Gasteiger partial charge in [-0.2, -0.15) is 36.5 Å². The number of ketones is 1. The lowest BCUT2D eigenvalue weighted by Crippen LogP contribution is -2.29. The van der Waals surface area contributed by atoms with Crippen molar-refractivity contribution in [3.63, 3.8) is 0 Å². The maximum Gasteiger partial charge on any atom is 0.435 e. The molecule has 12 nitrogen and oxygen atoms in total. The van der Waals surface area contributed by atoms with E-state index in [0.29, 0.717) is 47.7 Å². The van der Waals surface area contributed by atoms with Gasteiger partial charge in [-0.05, 0) is 153 Å². The number of para-hydroxylation sites is 1. The number of nitrogens with zero attached hydrogens (tertiary/aromatic N) is 11. The number of fused-ring (bicyclic) bond motifs is 6. The lowest BCUT2D eigenvalue weighted by atomic mass is 9.75. The summed E-state index contributed by atoms with van der Waals surface area (Å²) >= 11 is 9.19. The zero-order valence-corrected chi connectivity index (χ0v) is 47.4. The number of halogens is 10. The smallest absolute Gasteiger partial charge is 0.342 e. The summed E-state index contributed by atoms with van der Waals surface area (Å²) in [4.78, 5) is 24.6. The summed E-state index contributed by atoms with van der Waals surface area (Å²) in [5.41, 5.74) is 1.15. The van der Waals surface area contributed by atoms with Gasteiger partial charge < -0.3 is 9.13 Å². The van der Waals surface area contributed by atoms with E-state index in [1.807, 2.05) is 24.6 Å². The van der Waals surface area contributed by atoms with E-state index in [-0.39, 0.29) is 47.0 Å². The molecule has 22 heteroatoms. The monoisotopic (exact) mass is 1150 g/mol. The molecule has 2 atom stereocenters. The first-order valence-electron chi connectivity index (χ1n) is 25.7. The van der Waals surface area contributed by atoms with Crippen LogP contribution in [0.4, 0.5) is 35.1 Å². The van der Waals surface area contributed by atoms with Gasteiger partial charge in [0.25, 0.3) is 5.92 Å². The lowest BCUT2D eigenvalue weighted by Gasteiger charge is -2.29. The molecule has 6 heterocycles. The van der Waals surface area contributed by atoms with Crippen LogP contribution in [-0.4, -0.2) is 59.2 Å². The van der Waals surface area contributed by atoms with Crippen LogP contribution in [0.3, 0.4) is 0 Å². The fourth-order valence-electron chi connectivity index (χ4n) is 10.2. The summed E-state index contributed by atoms with van der Waals surface area (Å²) in [6.07, 6.45) is -2.75. The molecule has 11 rings (SSSR count). The number of Topliss-reactive ketones (excluding diaryl/α,β-unsaturated/α-hetero) is 1. The van der Waals surface area contributed by atoms with Gasteiger partial charge in [-0.15, -0.1) is 5.10 Å². The van der Waals surface area contributed by atoms with Crippen LogP contribution in [-0.2, 0) is 24.7 Å². The maximum absolute atomic E-state index is 14.0. The van der Waals surface area contributed by atoms with E-state index in [0.717, 1.165) is 26.3 Å². The minimum Gasteiger partial charge on any atom is -0.342 e. The minimum atomic E-state index is -4.84. The van der Waals surface area contributed by atoms with E-state index in [4.69, 9.17) is 11.6 Å². The molecule has 0 aliphatic heterocycles. The second kappa shape index (κ2) is 21.9. The SMILES string of the molecule is CC(C)n1cnc2c(Cl)nccc21.CC(C)n1nc(Br)nc1C1CC1.CC(C)n1nc(C(F)(F)F)c2c1C1CC1CC2(F)F.CC(C)n1nc(C(F)(F)F)c2c1CC(C)(C)CC2=O.Cc1cc2ccccc2n1C(C)C. The third kappa shape index (κ3) is 12.5. The van der Waals surface area contributed by atoms with Gasteiger partial charge in [0.05, 0.1) is 34.4 Å². The van der Waals surface area contributed by atoms with Gasteiger partial charge in [-0.3, -0.25) is 14.2 Å². The fourth-order valence-corrected chi connectivity index (χ4v) is 10.8. The highest BCUT2D eigenvalue weighted by atomic mass is 79.9. The molecular formula is C54H67BrClF8N11O. The van der Waals surface area contributed by atoms with Crippen molar-refractivity contribution in [2.75, 3.05) is 0 Å². The Morgan fingerprint density at radius 1 is 0.750 bits per heavy atom. The molecule has 76 heavy (non-hydrogen) atoms. The predicted molar refractivity (Wildman–Crippen MR) is 281 cm³/mol. The largest absolute Gasteiger partial charge is 0.435 e. The molecule has 0 bridgehead atoms. The van der Waals surface area contributed by atoms with Crippen LogP contribution >= 0.6 is 27.5 Å². The van der Waals surface area contributed by atoms with Gasteiger partial charge in [-0.1, -0.05) is 43.6 Å². The Kier molecular flexibility index (Phi) is 16.9. The molecule has 2 unspecified atom stereocenters. The molecule has 6 aromatic heterocycles. The molecule has 2 saturated carbocycles. The van der Waals surface area contributed by atoms with Crippen LogP contribution < -0.4 is 0 Å². The number of carbonyl (C=O) groups excluding carboxylic acids is 1. The van der Waals surface area contributed by atoms with Crippen molar-refractivity contribution in [2.45, 2.75) is 189 Å². The highest BCUT2D eigenvalue weighted by molar-refractivity contribution is 9.10. The van der Waals surface area contributed by atoms with Crippen LogP contribution in [0.25, 0.3) is 21.9 Å². The molecule has 0 N–H and O–H groups in total. The van der Waals surface area contributed by atoms with Crippen LogP contribution in [0.1, 0.15) is 207 Å². The zero-order valence-electron chi connectivity index (χ0n) is 45.1. The summed E-state index contributed by atoms with van der Waals surface area (Å²) in [7, 11) is 0.